The normalized spacial score (nSPS) is 11.0. The molecule has 0 unspecified atom stereocenters. The van der Waals surface area contributed by atoms with Crippen LogP contribution in [0.4, 0.5) is 5.69 Å². The summed E-state index contributed by atoms with van der Waals surface area (Å²) in [6.07, 6.45) is 2.98. The highest BCUT2D eigenvalue weighted by molar-refractivity contribution is 6.10. The van der Waals surface area contributed by atoms with E-state index >= 15 is 0 Å². The molecule has 0 saturated carbocycles. The molecule has 5 heteroatoms. The molecule has 0 fully saturated rings. The van der Waals surface area contributed by atoms with E-state index in [4.69, 9.17) is 4.42 Å². The lowest BCUT2D eigenvalue weighted by atomic mass is 10.2. The molecule has 0 spiro atoms. The van der Waals surface area contributed by atoms with E-state index in [0.717, 1.165) is 0 Å². The van der Waals surface area contributed by atoms with E-state index in [1.807, 2.05) is 24.3 Å². The summed E-state index contributed by atoms with van der Waals surface area (Å²) < 4.78 is 5.24. The Bertz CT molecular complexity index is 870. The number of hydrogen-bond donors (Lipinski definition) is 2. The summed E-state index contributed by atoms with van der Waals surface area (Å²) >= 11 is 0. The molecule has 124 valence electrons. The minimum Gasteiger partial charge on any atom is -0.465 e. The molecule has 0 atom stereocenters. The molecule has 5 nitrogen and oxygen atoms in total. The summed E-state index contributed by atoms with van der Waals surface area (Å²) in [4.78, 5) is 24.9. The van der Waals surface area contributed by atoms with Crippen molar-refractivity contribution in [1.29, 1.82) is 0 Å². The van der Waals surface area contributed by atoms with E-state index in [-0.39, 0.29) is 11.6 Å². The Morgan fingerprint density at radius 2 is 1.52 bits per heavy atom. The molecule has 1 aromatic heterocycles. The number of carbonyl (C=O) groups excluding carboxylic acids is 2. The summed E-state index contributed by atoms with van der Waals surface area (Å²) in [6.45, 7) is 0. The Hall–Kier alpha value is -3.60. The zero-order chi connectivity index (χ0) is 17.5. The van der Waals surface area contributed by atoms with Crippen molar-refractivity contribution in [2.75, 3.05) is 5.32 Å². The van der Waals surface area contributed by atoms with Gasteiger partial charge in [-0.25, -0.2) is 0 Å². The molecule has 1 heterocycles. The number of rotatable bonds is 5. The van der Waals surface area contributed by atoms with Crippen LogP contribution in [0.5, 0.6) is 0 Å². The van der Waals surface area contributed by atoms with Gasteiger partial charge in [0.25, 0.3) is 11.8 Å². The fraction of sp³-hybridized carbons (Fsp3) is 0. The Labute approximate surface area is 145 Å². The highest BCUT2D eigenvalue weighted by Crippen LogP contribution is 2.11. The maximum atomic E-state index is 12.6. The molecule has 0 aliphatic heterocycles. The number of hydrogen-bond acceptors (Lipinski definition) is 3. The van der Waals surface area contributed by atoms with Gasteiger partial charge >= 0.3 is 0 Å². The molecular formula is C20H16N2O3. The van der Waals surface area contributed by atoms with Crippen molar-refractivity contribution in [3.63, 3.8) is 0 Å². The predicted octanol–water partition coefficient (Wildman–Crippen LogP) is 3.69. The van der Waals surface area contributed by atoms with Crippen LogP contribution in [0.2, 0.25) is 0 Å². The number of furan rings is 1. The number of anilines is 1. The molecule has 25 heavy (non-hydrogen) atoms. The van der Waals surface area contributed by atoms with Crippen LogP contribution in [-0.4, -0.2) is 11.8 Å². The largest absolute Gasteiger partial charge is 0.465 e. The van der Waals surface area contributed by atoms with Gasteiger partial charge in [-0.2, -0.15) is 0 Å². The van der Waals surface area contributed by atoms with E-state index in [1.54, 1.807) is 48.5 Å². The van der Waals surface area contributed by atoms with Gasteiger partial charge in [0, 0.05) is 17.3 Å². The van der Waals surface area contributed by atoms with Gasteiger partial charge in [0.15, 0.2) is 0 Å². The van der Waals surface area contributed by atoms with Crippen molar-refractivity contribution in [3.8, 4) is 0 Å². The van der Waals surface area contributed by atoms with Crippen LogP contribution in [0.25, 0.3) is 6.08 Å². The second-order valence-electron chi connectivity index (χ2n) is 5.21. The Morgan fingerprint density at radius 3 is 2.16 bits per heavy atom. The van der Waals surface area contributed by atoms with Gasteiger partial charge in [-0.1, -0.05) is 36.4 Å². The molecule has 0 bridgehead atoms. The summed E-state index contributed by atoms with van der Waals surface area (Å²) in [6, 6.07) is 21.1. The minimum atomic E-state index is -0.438. The van der Waals surface area contributed by atoms with Crippen LogP contribution in [0, 0.1) is 0 Å². The van der Waals surface area contributed by atoms with Crippen molar-refractivity contribution in [2.24, 2.45) is 0 Å². The molecule has 2 N–H and O–H groups in total. The van der Waals surface area contributed by atoms with Crippen LogP contribution in [-0.2, 0) is 4.79 Å². The van der Waals surface area contributed by atoms with Crippen molar-refractivity contribution >= 4 is 23.6 Å². The number of nitrogens with one attached hydrogen (secondary N) is 2. The zero-order valence-electron chi connectivity index (χ0n) is 13.3. The van der Waals surface area contributed by atoms with Crippen LogP contribution in [0.1, 0.15) is 16.1 Å². The molecule has 3 aromatic rings. The zero-order valence-corrected chi connectivity index (χ0v) is 13.3. The SMILES string of the molecule is O=C(Nc1ccccc1)C(=Cc1ccco1)NC(=O)c1ccccc1. The van der Waals surface area contributed by atoms with Crippen molar-refractivity contribution in [1.82, 2.24) is 5.32 Å². The monoisotopic (exact) mass is 332 g/mol. The van der Waals surface area contributed by atoms with Crippen molar-refractivity contribution < 1.29 is 14.0 Å². The fourth-order valence-electron chi connectivity index (χ4n) is 2.18. The Kier molecular flexibility index (Phi) is 5.07. The van der Waals surface area contributed by atoms with Crippen LogP contribution in [0.15, 0.2) is 89.2 Å². The molecule has 0 aliphatic rings. The van der Waals surface area contributed by atoms with E-state index in [1.165, 1.54) is 12.3 Å². The van der Waals surface area contributed by atoms with Crippen molar-refractivity contribution in [2.45, 2.75) is 0 Å². The van der Waals surface area contributed by atoms with Crippen molar-refractivity contribution in [3.05, 3.63) is 96.1 Å². The molecule has 0 radical (unpaired) electrons. The minimum absolute atomic E-state index is 0.0904. The first-order valence-electron chi connectivity index (χ1n) is 7.70. The third kappa shape index (κ3) is 4.45. The third-order valence-corrected chi connectivity index (χ3v) is 3.39. The standard InChI is InChI=1S/C20H16N2O3/c23-19(15-8-3-1-4-9-15)22-18(14-17-12-7-13-25-17)20(24)21-16-10-5-2-6-11-16/h1-14H,(H,21,24)(H,22,23). The quantitative estimate of drug-likeness (QED) is 0.700. The first-order valence-corrected chi connectivity index (χ1v) is 7.70. The smallest absolute Gasteiger partial charge is 0.272 e. The predicted molar refractivity (Wildman–Crippen MR) is 95.7 cm³/mol. The Morgan fingerprint density at radius 1 is 0.840 bits per heavy atom. The van der Waals surface area contributed by atoms with Gasteiger partial charge in [-0.05, 0) is 36.4 Å². The molecule has 2 aromatic carbocycles. The average Bonchev–Trinajstić information content (AvgIpc) is 3.16. The summed E-state index contributed by atoms with van der Waals surface area (Å²) in [7, 11) is 0. The maximum Gasteiger partial charge on any atom is 0.272 e. The molecule has 2 amide bonds. The lowest BCUT2D eigenvalue weighted by molar-refractivity contribution is -0.113. The van der Waals surface area contributed by atoms with Crippen LogP contribution >= 0.6 is 0 Å². The van der Waals surface area contributed by atoms with E-state index < -0.39 is 5.91 Å². The molecule has 3 rings (SSSR count). The van der Waals surface area contributed by atoms with Gasteiger partial charge in [0.05, 0.1) is 6.26 Å². The maximum absolute atomic E-state index is 12.6. The highest BCUT2D eigenvalue weighted by atomic mass is 16.3. The number of carbonyl (C=O) groups is 2. The topological polar surface area (TPSA) is 71.3 Å². The van der Waals surface area contributed by atoms with E-state index in [2.05, 4.69) is 10.6 Å². The van der Waals surface area contributed by atoms with Crippen LogP contribution in [0.3, 0.4) is 0 Å². The van der Waals surface area contributed by atoms with E-state index in [9.17, 15) is 9.59 Å². The average molecular weight is 332 g/mol. The van der Waals surface area contributed by atoms with Gasteiger partial charge in [-0.3, -0.25) is 9.59 Å². The third-order valence-electron chi connectivity index (χ3n) is 3.39. The second kappa shape index (κ2) is 7.79. The first-order chi connectivity index (χ1) is 12.2. The van der Waals surface area contributed by atoms with E-state index in [0.29, 0.717) is 17.0 Å². The van der Waals surface area contributed by atoms with Gasteiger partial charge in [0.1, 0.15) is 11.5 Å². The number of benzene rings is 2. The molecule has 0 aliphatic carbocycles. The highest BCUT2D eigenvalue weighted by Gasteiger charge is 2.15. The summed E-state index contributed by atoms with van der Waals surface area (Å²) in [5.41, 5.74) is 1.18. The number of para-hydroxylation sites is 1. The first kappa shape index (κ1) is 16.3. The van der Waals surface area contributed by atoms with Gasteiger partial charge in [-0.15, -0.1) is 0 Å². The summed E-state index contributed by atoms with van der Waals surface area (Å²) in [5.74, 6) is -0.347. The van der Waals surface area contributed by atoms with Gasteiger partial charge < -0.3 is 15.1 Å². The second-order valence-corrected chi connectivity index (χ2v) is 5.21. The lowest BCUT2D eigenvalue weighted by Gasteiger charge is -2.10. The lowest BCUT2D eigenvalue weighted by Crippen LogP contribution is -2.30. The fourth-order valence-corrected chi connectivity index (χ4v) is 2.18. The van der Waals surface area contributed by atoms with Gasteiger partial charge in [0.2, 0.25) is 0 Å². The molecule has 0 saturated heterocycles. The summed E-state index contributed by atoms with van der Waals surface area (Å²) in [5, 5.41) is 5.39. The van der Waals surface area contributed by atoms with Crippen LogP contribution < -0.4 is 10.6 Å². The number of amides is 2. The Balaban J connectivity index is 1.83. The molecular weight excluding hydrogens is 316 g/mol.